The van der Waals surface area contributed by atoms with E-state index in [1.165, 1.54) is 12.8 Å². The number of hydrogen-bond donors (Lipinski definition) is 2. The van der Waals surface area contributed by atoms with Crippen LogP contribution in [-0.4, -0.2) is 29.1 Å². The molecule has 3 aromatic rings. The zero-order valence-electron chi connectivity index (χ0n) is 17.6. The van der Waals surface area contributed by atoms with E-state index in [0.29, 0.717) is 53.2 Å². The van der Waals surface area contributed by atoms with Gasteiger partial charge in [0.2, 0.25) is 5.91 Å². The number of nitrogens with zero attached hydrogens (tertiary/aromatic N) is 1. The highest BCUT2D eigenvalue weighted by molar-refractivity contribution is 5.91. The van der Waals surface area contributed by atoms with Gasteiger partial charge in [-0.1, -0.05) is 12.1 Å². The Hall–Kier alpha value is -3.35. The number of fused-ring (bicyclic) bond motifs is 1. The predicted octanol–water partition coefficient (Wildman–Crippen LogP) is 4.21. The van der Waals surface area contributed by atoms with E-state index in [-0.39, 0.29) is 17.6 Å². The van der Waals surface area contributed by atoms with E-state index < -0.39 is 0 Å². The van der Waals surface area contributed by atoms with Crippen LogP contribution in [0.15, 0.2) is 47.3 Å². The molecule has 2 N–H and O–H groups in total. The molecule has 0 spiro atoms. The molecule has 0 atom stereocenters. The lowest BCUT2D eigenvalue weighted by Crippen LogP contribution is -2.15. The molecule has 0 aliphatic heterocycles. The topological polar surface area (TPSA) is 93.3 Å². The summed E-state index contributed by atoms with van der Waals surface area (Å²) < 4.78 is 11.5. The minimum absolute atomic E-state index is 0.0971. The van der Waals surface area contributed by atoms with E-state index in [2.05, 4.69) is 15.3 Å². The van der Waals surface area contributed by atoms with Crippen molar-refractivity contribution in [2.24, 2.45) is 0 Å². The summed E-state index contributed by atoms with van der Waals surface area (Å²) in [5, 5.41) is 3.49. The van der Waals surface area contributed by atoms with E-state index in [0.717, 1.165) is 12.8 Å². The number of carbonyl (C=O) groups is 1. The molecule has 1 aromatic heterocycles. The molecule has 1 saturated carbocycles. The van der Waals surface area contributed by atoms with Crippen molar-refractivity contribution in [2.75, 3.05) is 12.4 Å². The summed E-state index contributed by atoms with van der Waals surface area (Å²) in [6.45, 7) is 0. The summed E-state index contributed by atoms with van der Waals surface area (Å²) in [4.78, 5) is 31.8. The van der Waals surface area contributed by atoms with Gasteiger partial charge in [0.1, 0.15) is 5.82 Å². The maximum Gasteiger partial charge on any atom is 0.258 e. The van der Waals surface area contributed by atoms with Crippen LogP contribution in [0.25, 0.3) is 10.9 Å². The molecule has 0 unspecified atom stereocenters. The van der Waals surface area contributed by atoms with Crippen LogP contribution in [0, 0.1) is 0 Å². The normalized spacial score (nSPS) is 14.0. The molecule has 162 valence electrons. The first-order chi connectivity index (χ1) is 15.1. The van der Waals surface area contributed by atoms with Crippen LogP contribution in [0.5, 0.6) is 11.5 Å². The van der Waals surface area contributed by atoms with Crippen LogP contribution in [0.1, 0.15) is 44.3 Å². The second-order valence-electron chi connectivity index (χ2n) is 7.82. The smallest absolute Gasteiger partial charge is 0.258 e. The first kappa shape index (κ1) is 20.9. The van der Waals surface area contributed by atoms with Crippen molar-refractivity contribution < 1.29 is 14.3 Å². The number of anilines is 1. The molecule has 1 fully saturated rings. The Bertz CT molecular complexity index is 1120. The molecule has 31 heavy (non-hydrogen) atoms. The maximum absolute atomic E-state index is 12.4. The molecular formula is C24H27N3O4. The van der Waals surface area contributed by atoms with Gasteiger partial charge < -0.3 is 19.8 Å². The van der Waals surface area contributed by atoms with Crippen LogP contribution in [0.2, 0.25) is 0 Å². The fraction of sp³-hybridized carbons (Fsp3) is 0.375. The number of nitrogens with one attached hydrogen (secondary N) is 2. The van der Waals surface area contributed by atoms with E-state index in [1.54, 1.807) is 19.2 Å². The number of aromatic nitrogens is 2. The molecular weight excluding hydrogens is 394 g/mol. The van der Waals surface area contributed by atoms with Crippen LogP contribution >= 0.6 is 0 Å². The fourth-order valence-corrected chi connectivity index (χ4v) is 3.93. The average molecular weight is 421 g/mol. The summed E-state index contributed by atoms with van der Waals surface area (Å²) >= 11 is 0. The number of ether oxygens (including phenoxy) is 2. The van der Waals surface area contributed by atoms with Gasteiger partial charge in [0.25, 0.3) is 5.56 Å². The molecule has 0 saturated heterocycles. The van der Waals surface area contributed by atoms with Crippen LogP contribution in [0.4, 0.5) is 5.69 Å². The summed E-state index contributed by atoms with van der Waals surface area (Å²) in [7, 11) is 1.61. The molecule has 1 aliphatic carbocycles. The molecule has 0 radical (unpaired) electrons. The molecule has 1 aliphatic rings. The highest BCUT2D eigenvalue weighted by atomic mass is 16.5. The Balaban J connectivity index is 1.34. The van der Waals surface area contributed by atoms with Gasteiger partial charge in [-0.05, 0) is 56.4 Å². The van der Waals surface area contributed by atoms with E-state index >= 15 is 0 Å². The van der Waals surface area contributed by atoms with Gasteiger partial charge in [0.15, 0.2) is 11.5 Å². The number of carbonyl (C=O) groups excluding carboxylic acids is 1. The van der Waals surface area contributed by atoms with Crippen LogP contribution in [-0.2, 0) is 11.2 Å². The Morgan fingerprint density at radius 1 is 1.16 bits per heavy atom. The van der Waals surface area contributed by atoms with Crippen LogP contribution < -0.4 is 20.3 Å². The van der Waals surface area contributed by atoms with E-state index in [4.69, 9.17) is 9.47 Å². The first-order valence-electron chi connectivity index (χ1n) is 10.7. The number of para-hydroxylation sites is 1. The fourth-order valence-electron chi connectivity index (χ4n) is 3.93. The number of methoxy groups -OCH3 is 1. The summed E-state index contributed by atoms with van der Waals surface area (Å²) in [5.41, 5.74) is 1.19. The summed E-state index contributed by atoms with van der Waals surface area (Å²) in [5.74, 6) is 1.81. The van der Waals surface area contributed by atoms with Gasteiger partial charge in [-0.3, -0.25) is 9.59 Å². The maximum atomic E-state index is 12.4. The van der Waals surface area contributed by atoms with Crippen molar-refractivity contribution in [1.29, 1.82) is 0 Å². The molecule has 7 heteroatoms. The molecule has 0 bridgehead atoms. The minimum atomic E-state index is -0.155. The monoisotopic (exact) mass is 421 g/mol. The zero-order valence-corrected chi connectivity index (χ0v) is 17.6. The van der Waals surface area contributed by atoms with Crippen molar-refractivity contribution >= 4 is 22.5 Å². The van der Waals surface area contributed by atoms with Crippen molar-refractivity contribution in [2.45, 2.75) is 51.0 Å². The van der Waals surface area contributed by atoms with Crippen molar-refractivity contribution in [3.05, 3.63) is 58.6 Å². The second kappa shape index (κ2) is 9.64. The highest BCUT2D eigenvalue weighted by Gasteiger charge is 2.19. The van der Waals surface area contributed by atoms with Crippen molar-refractivity contribution in [3.63, 3.8) is 0 Å². The molecule has 4 rings (SSSR count). The largest absolute Gasteiger partial charge is 0.493 e. The van der Waals surface area contributed by atoms with Gasteiger partial charge >= 0.3 is 0 Å². The quantitative estimate of drug-likeness (QED) is 0.568. The first-order valence-corrected chi connectivity index (χ1v) is 10.7. The number of benzene rings is 2. The number of aromatic amines is 1. The van der Waals surface area contributed by atoms with Gasteiger partial charge in [-0.25, -0.2) is 4.98 Å². The van der Waals surface area contributed by atoms with E-state index in [1.807, 2.05) is 30.3 Å². The Morgan fingerprint density at radius 3 is 2.77 bits per heavy atom. The number of amides is 1. The number of hydrogen-bond acceptors (Lipinski definition) is 5. The lowest BCUT2D eigenvalue weighted by atomic mass is 10.2. The van der Waals surface area contributed by atoms with Crippen LogP contribution in [0.3, 0.4) is 0 Å². The number of H-pyrrole nitrogens is 1. The lowest BCUT2D eigenvalue weighted by Gasteiger charge is -2.17. The summed E-state index contributed by atoms with van der Waals surface area (Å²) in [6, 6.07) is 12.7. The average Bonchev–Trinajstić information content (AvgIpc) is 3.27. The number of aryl methyl sites for hydroxylation is 1. The lowest BCUT2D eigenvalue weighted by molar-refractivity contribution is -0.116. The van der Waals surface area contributed by atoms with Gasteiger partial charge in [0, 0.05) is 24.6 Å². The predicted molar refractivity (Wildman–Crippen MR) is 120 cm³/mol. The van der Waals surface area contributed by atoms with Gasteiger partial charge in [0.05, 0.1) is 24.1 Å². The minimum Gasteiger partial charge on any atom is -0.493 e. The third kappa shape index (κ3) is 5.23. The third-order valence-electron chi connectivity index (χ3n) is 5.52. The van der Waals surface area contributed by atoms with Crippen molar-refractivity contribution in [3.8, 4) is 11.5 Å². The summed E-state index contributed by atoms with van der Waals surface area (Å²) in [6.07, 6.45) is 6.08. The SMILES string of the molecule is COc1ccc(NC(=O)CCCc2nc3ccccc3c(=O)[nH]2)cc1OC1CCCC1. The van der Waals surface area contributed by atoms with E-state index in [9.17, 15) is 9.59 Å². The molecule has 2 aromatic carbocycles. The molecule has 7 nitrogen and oxygen atoms in total. The van der Waals surface area contributed by atoms with Gasteiger partial charge in [-0.15, -0.1) is 0 Å². The second-order valence-corrected chi connectivity index (χ2v) is 7.82. The third-order valence-corrected chi connectivity index (χ3v) is 5.52. The standard InChI is InChI=1S/C24H27N3O4/c1-30-20-14-13-16(15-21(20)31-17-7-2-3-8-17)25-23(28)12-6-11-22-26-19-10-5-4-9-18(19)24(29)27-22/h4-5,9-10,13-15,17H,2-3,6-8,11-12H2,1H3,(H,25,28)(H,26,27,29). The number of rotatable bonds is 8. The Kier molecular flexibility index (Phi) is 6.50. The highest BCUT2D eigenvalue weighted by Crippen LogP contribution is 2.34. The Morgan fingerprint density at radius 2 is 1.97 bits per heavy atom. The van der Waals surface area contributed by atoms with Gasteiger partial charge in [-0.2, -0.15) is 0 Å². The Labute approximate surface area is 180 Å². The molecule has 1 amide bonds. The zero-order chi connectivity index (χ0) is 21.6. The van der Waals surface area contributed by atoms with Crippen molar-refractivity contribution in [1.82, 2.24) is 9.97 Å². The molecule has 1 heterocycles.